The van der Waals surface area contributed by atoms with Gasteiger partial charge in [0, 0.05) is 32.1 Å². The van der Waals surface area contributed by atoms with Crippen LogP contribution in [0.3, 0.4) is 0 Å². The molecule has 2 atom stereocenters. The van der Waals surface area contributed by atoms with Crippen LogP contribution in [0, 0.1) is 0 Å². The van der Waals surface area contributed by atoms with Crippen molar-refractivity contribution in [3.8, 4) is 5.75 Å². The molecule has 0 aliphatic rings. The van der Waals surface area contributed by atoms with Crippen LogP contribution >= 0.6 is 0 Å². The molecule has 0 aromatic heterocycles. The number of benzene rings is 1. The minimum atomic E-state index is 0.0214. The predicted octanol–water partition coefficient (Wildman–Crippen LogP) is 1.54. The van der Waals surface area contributed by atoms with E-state index in [1.807, 2.05) is 31.3 Å². The molecular weight excluding hydrogens is 266 g/mol. The SMILES string of the molecule is CCC(N)C(c1ccc(OC)cc1)N(C)CCC(=O)NC. The number of nitrogens with one attached hydrogen (secondary N) is 1. The first-order valence-electron chi connectivity index (χ1n) is 7.33. The van der Waals surface area contributed by atoms with Gasteiger partial charge in [0.2, 0.25) is 5.91 Å². The van der Waals surface area contributed by atoms with Crippen molar-refractivity contribution in [3.05, 3.63) is 29.8 Å². The molecule has 3 N–H and O–H groups in total. The summed E-state index contributed by atoms with van der Waals surface area (Å²) in [6, 6.07) is 8.07. The first-order chi connectivity index (χ1) is 10.0. The first-order valence-corrected chi connectivity index (χ1v) is 7.33. The zero-order chi connectivity index (χ0) is 15.8. The minimum Gasteiger partial charge on any atom is -0.497 e. The van der Waals surface area contributed by atoms with Crippen molar-refractivity contribution >= 4 is 5.91 Å². The number of amides is 1. The molecule has 5 nitrogen and oxygen atoms in total. The van der Waals surface area contributed by atoms with Gasteiger partial charge in [-0.2, -0.15) is 0 Å². The molecule has 0 bridgehead atoms. The summed E-state index contributed by atoms with van der Waals surface area (Å²) >= 11 is 0. The van der Waals surface area contributed by atoms with Gasteiger partial charge in [0.1, 0.15) is 5.75 Å². The van der Waals surface area contributed by atoms with E-state index in [1.54, 1.807) is 14.2 Å². The fourth-order valence-corrected chi connectivity index (χ4v) is 2.39. The van der Waals surface area contributed by atoms with Gasteiger partial charge < -0.3 is 15.8 Å². The van der Waals surface area contributed by atoms with Crippen LogP contribution in [0.5, 0.6) is 5.75 Å². The third-order valence-corrected chi connectivity index (χ3v) is 3.78. The maximum Gasteiger partial charge on any atom is 0.221 e. The largest absolute Gasteiger partial charge is 0.497 e. The molecular formula is C16H27N3O2. The molecule has 0 radical (unpaired) electrons. The normalized spacial score (nSPS) is 13.8. The second-order valence-electron chi connectivity index (χ2n) is 5.19. The Bertz CT molecular complexity index is 434. The summed E-state index contributed by atoms with van der Waals surface area (Å²) in [5, 5.41) is 2.64. The Hall–Kier alpha value is -1.59. The quantitative estimate of drug-likeness (QED) is 0.763. The van der Waals surface area contributed by atoms with E-state index in [-0.39, 0.29) is 18.0 Å². The van der Waals surface area contributed by atoms with Crippen molar-refractivity contribution < 1.29 is 9.53 Å². The summed E-state index contributed by atoms with van der Waals surface area (Å²) in [6.07, 6.45) is 1.34. The van der Waals surface area contributed by atoms with Gasteiger partial charge >= 0.3 is 0 Å². The second kappa shape index (κ2) is 8.64. The lowest BCUT2D eigenvalue weighted by atomic mass is 9.96. The fraction of sp³-hybridized carbons (Fsp3) is 0.562. The van der Waals surface area contributed by atoms with Crippen LogP contribution in [0.4, 0.5) is 0 Å². The Morgan fingerprint density at radius 1 is 1.38 bits per heavy atom. The molecule has 21 heavy (non-hydrogen) atoms. The van der Waals surface area contributed by atoms with Gasteiger partial charge in [-0.1, -0.05) is 19.1 Å². The van der Waals surface area contributed by atoms with Crippen molar-refractivity contribution in [2.45, 2.75) is 31.8 Å². The van der Waals surface area contributed by atoms with Gasteiger partial charge in [0.25, 0.3) is 0 Å². The maximum absolute atomic E-state index is 11.4. The van der Waals surface area contributed by atoms with Gasteiger partial charge in [-0.25, -0.2) is 0 Å². The summed E-state index contributed by atoms with van der Waals surface area (Å²) < 4.78 is 5.19. The topological polar surface area (TPSA) is 67.6 Å². The number of nitrogens with zero attached hydrogens (tertiary/aromatic N) is 1. The number of hydrogen-bond donors (Lipinski definition) is 2. The lowest BCUT2D eigenvalue weighted by Gasteiger charge is -2.32. The van der Waals surface area contributed by atoms with E-state index in [0.717, 1.165) is 17.7 Å². The van der Waals surface area contributed by atoms with Gasteiger partial charge in [-0.15, -0.1) is 0 Å². The van der Waals surface area contributed by atoms with E-state index < -0.39 is 0 Å². The van der Waals surface area contributed by atoms with E-state index in [0.29, 0.717) is 13.0 Å². The van der Waals surface area contributed by atoms with Crippen molar-refractivity contribution in [1.29, 1.82) is 0 Å². The van der Waals surface area contributed by atoms with E-state index in [9.17, 15) is 4.79 Å². The number of methoxy groups -OCH3 is 1. The van der Waals surface area contributed by atoms with Gasteiger partial charge in [0.15, 0.2) is 0 Å². The third kappa shape index (κ3) is 5.02. The van der Waals surface area contributed by atoms with E-state index in [2.05, 4.69) is 17.1 Å². The average Bonchev–Trinajstić information content (AvgIpc) is 2.53. The molecule has 1 aromatic carbocycles. The molecule has 0 saturated heterocycles. The number of ether oxygens (including phenoxy) is 1. The molecule has 0 heterocycles. The summed E-state index contributed by atoms with van der Waals surface area (Å²) in [6.45, 7) is 2.75. The Morgan fingerprint density at radius 2 is 2.00 bits per heavy atom. The fourth-order valence-electron chi connectivity index (χ4n) is 2.39. The van der Waals surface area contributed by atoms with Crippen LogP contribution in [0.15, 0.2) is 24.3 Å². The highest BCUT2D eigenvalue weighted by atomic mass is 16.5. The van der Waals surface area contributed by atoms with Crippen LogP contribution in [0.25, 0.3) is 0 Å². The standard InChI is InChI=1S/C16H27N3O2/c1-5-14(17)16(19(3)11-10-15(20)18-2)12-6-8-13(21-4)9-7-12/h6-9,14,16H,5,10-11,17H2,1-4H3,(H,18,20). The number of rotatable bonds is 8. The summed E-state index contributed by atoms with van der Waals surface area (Å²) in [5.74, 6) is 0.871. The molecule has 0 aliphatic heterocycles. The van der Waals surface area contributed by atoms with E-state index in [1.165, 1.54) is 0 Å². The Balaban J connectivity index is 2.85. The monoisotopic (exact) mass is 293 g/mol. The van der Waals surface area contributed by atoms with Gasteiger partial charge in [0.05, 0.1) is 7.11 Å². The van der Waals surface area contributed by atoms with E-state index >= 15 is 0 Å². The van der Waals surface area contributed by atoms with Crippen molar-refractivity contribution in [1.82, 2.24) is 10.2 Å². The number of carbonyl (C=O) groups is 1. The van der Waals surface area contributed by atoms with Crippen LogP contribution in [0.1, 0.15) is 31.4 Å². The van der Waals surface area contributed by atoms with Crippen molar-refractivity contribution in [2.75, 3.05) is 27.7 Å². The summed E-state index contributed by atoms with van der Waals surface area (Å²) in [5.41, 5.74) is 7.43. The molecule has 5 heteroatoms. The smallest absolute Gasteiger partial charge is 0.221 e. The minimum absolute atomic E-state index is 0.0214. The van der Waals surface area contributed by atoms with Gasteiger partial charge in [-0.3, -0.25) is 9.69 Å². The Labute approximate surface area is 127 Å². The predicted molar refractivity (Wildman–Crippen MR) is 85.3 cm³/mol. The highest BCUT2D eigenvalue weighted by molar-refractivity contribution is 5.75. The lowest BCUT2D eigenvalue weighted by molar-refractivity contribution is -0.121. The third-order valence-electron chi connectivity index (χ3n) is 3.78. The number of hydrogen-bond acceptors (Lipinski definition) is 4. The molecule has 1 amide bonds. The number of carbonyl (C=O) groups excluding carboxylic acids is 1. The number of nitrogens with two attached hydrogens (primary N) is 1. The maximum atomic E-state index is 11.4. The highest BCUT2D eigenvalue weighted by Crippen LogP contribution is 2.26. The zero-order valence-corrected chi connectivity index (χ0v) is 13.4. The van der Waals surface area contributed by atoms with Gasteiger partial charge in [-0.05, 0) is 31.2 Å². The van der Waals surface area contributed by atoms with Crippen LogP contribution in [-0.2, 0) is 4.79 Å². The molecule has 2 unspecified atom stereocenters. The average molecular weight is 293 g/mol. The Kier molecular flexibility index (Phi) is 7.19. The molecule has 118 valence electrons. The molecule has 0 aliphatic carbocycles. The lowest BCUT2D eigenvalue weighted by Crippen LogP contribution is -2.40. The van der Waals surface area contributed by atoms with E-state index in [4.69, 9.17) is 10.5 Å². The first kappa shape index (κ1) is 17.5. The van der Waals surface area contributed by atoms with Crippen molar-refractivity contribution in [3.63, 3.8) is 0 Å². The highest BCUT2D eigenvalue weighted by Gasteiger charge is 2.23. The number of likely N-dealkylation sites (N-methyl/N-ethyl adjacent to an activating group) is 1. The zero-order valence-electron chi connectivity index (χ0n) is 13.4. The molecule has 0 spiro atoms. The summed E-state index contributed by atoms with van der Waals surface area (Å²) in [4.78, 5) is 13.6. The van der Waals surface area contributed by atoms with Crippen LogP contribution < -0.4 is 15.8 Å². The molecule has 0 saturated carbocycles. The second-order valence-corrected chi connectivity index (χ2v) is 5.19. The molecule has 1 rings (SSSR count). The van der Waals surface area contributed by atoms with Crippen LogP contribution in [0.2, 0.25) is 0 Å². The van der Waals surface area contributed by atoms with Crippen LogP contribution in [-0.4, -0.2) is 44.6 Å². The van der Waals surface area contributed by atoms with Crippen molar-refractivity contribution in [2.24, 2.45) is 5.73 Å². The Morgan fingerprint density at radius 3 is 2.48 bits per heavy atom. The summed E-state index contributed by atoms with van der Waals surface area (Å²) in [7, 11) is 5.31. The molecule has 1 aromatic rings. The molecule has 0 fully saturated rings.